The number of aryl methyl sites for hydroxylation is 2. The number of benzene rings is 7. The number of fused-ring (bicyclic) bond motifs is 10. The van der Waals surface area contributed by atoms with Crippen LogP contribution in [0.5, 0.6) is 0 Å². The minimum atomic E-state index is -0.748. The molecule has 1 aliphatic carbocycles. The Hall–Kier alpha value is -5.99. The Morgan fingerprint density at radius 1 is 0.431 bits per heavy atom. The minimum absolute atomic E-state index is 0.0766. The Balaban J connectivity index is 1.37. The standard InChI is InChI=1S/C49H37NO/c1-30-14-5-7-16-34(30)32-25-27-38-37(28-32)47(51)36-26-24-33(35-17-8-6-15-31(35)2)29-43(36)49(38)40-19-10-12-23-45(40)50-44-22-11-9-18-39(44)48(3,4)41-20-13-21-42(49)46(41)50/h5-29H,1-4H3. The van der Waals surface area contributed by atoms with Crippen LogP contribution in [-0.4, -0.2) is 5.78 Å². The maximum absolute atomic E-state index is 15.0. The number of anilines is 3. The second-order valence-corrected chi connectivity index (χ2v) is 14.9. The van der Waals surface area contributed by atoms with Crippen molar-refractivity contribution in [2.75, 3.05) is 4.90 Å². The quantitative estimate of drug-likeness (QED) is 0.185. The Morgan fingerprint density at radius 2 is 0.980 bits per heavy atom. The van der Waals surface area contributed by atoms with Crippen LogP contribution in [0.15, 0.2) is 152 Å². The first-order valence-electron chi connectivity index (χ1n) is 17.9. The van der Waals surface area contributed by atoms with E-state index in [-0.39, 0.29) is 11.2 Å². The van der Waals surface area contributed by atoms with Crippen molar-refractivity contribution in [1.82, 2.24) is 0 Å². The SMILES string of the molecule is Cc1ccccc1-c1ccc2c(c1)C(=O)c1ccc(-c3ccccc3C)cc1C21c2ccccc2N2c3ccccc3C(C)(C)c3cccc1c32. The van der Waals surface area contributed by atoms with Gasteiger partial charge in [0.1, 0.15) is 0 Å². The van der Waals surface area contributed by atoms with Gasteiger partial charge in [0.05, 0.1) is 22.5 Å². The highest BCUT2D eigenvalue weighted by Crippen LogP contribution is 2.65. The van der Waals surface area contributed by atoms with E-state index in [1.54, 1.807) is 0 Å². The summed E-state index contributed by atoms with van der Waals surface area (Å²) in [6.45, 7) is 9.01. The van der Waals surface area contributed by atoms with Gasteiger partial charge in [-0.1, -0.05) is 141 Å². The summed E-state index contributed by atoms with van der Waals surface area (Å²) < 4.78 is 0. The summed E-state index contributed by atoms with van der Waals surface area (Å²) >= 11 is 0. The molecule has 1 unspecified atom stereocenters. The number of hydrogen-bond acceptors (Lipinski definition) is 2. The van der Waals surface area contributed by atoms with Crippen molar-refractivity contribution in [3.63, 3.8) is 0 Å². The average molecular weight is 656 g/mol. The van der Waals surface area contributed by atoms with Crippen molar-refractivity contribution in [3.8, 4) is 22.3 Å². The van der Waals surface area contributed by atoms with Gasteiger partial charge in [-0.2, -0.15) is 0 Å². The molecular formula is C49H37NO. The lowest BCUT2D eigenvalue weighted by atomic mass is 9.55. The summed E-state index contributed by atoms with van der Waals surface area (Å²) in [5, 5.41) is 0. The van der Waals surface area contributed by atoms with Gasteiger partial charge in [0.25, 0.3) is 0 Å². The van der Waals surface area contributed by atoms with Crippen LogP contribution in [0.3, 0.4) is 0 Å². The van der Waals surface area contributed by atoms with Gasteiger partial charge in [0.15, 0.2) is 5.78 Å². The summed E-state index contributed by atoms with van der Waals surface area (Å²) in [5.74, 6) is 0.0766. The van der Waals surface area contributed by atoms with Gasteiger partial charge in [-0.15, -0.1) is 0 Å². The molecule has 51 heavy (non-hydrogen) atoms. The third kappa shape index (κ3) is 3.85. The van der Waals surface area contributed by atoms with Crippen LogP contribution in [0.2, 0.25) is 0 Å². The van der Waals surface area contributed by atoms with Crippen LogP contribution < -0.4 is 4.90 Å². The molecule has 10 rings (SSSR count). The molecule has 0 radical (unpaired) electrons. The van der Waals surface area contributed by atoms with E-state index in [1.807, 2.05) is 0 Å². The van der Waals surface area contributed by atoms with E-state index >= 15 is 0 Å². The minimum Gasteiger partial charge on any atom is -0.309 e. The summed E-state index contributed by atoms with van der Waals surface area (Å²) in [5.41, 5.74) is 18.1. The Morgan fingerprint density at radius 3 is 1.69 bits per heavy atom. The van der Waals surface area contributed by atoms with Gasteiger partial charge in [-0.05, 0) is 105 Å². The van der Waals surface area contributed by atoms with E-state index in [0.29, 0.717) is 0 Å². The number of hydrogen-bond donors (Lipinski definition) is 0. The van der Waals surface area contributed by atoms with Gasteiger partial charge in [0.2, 0.25) is 0 Å². The highest BCUT2D eigenvalue weighted by atomic mass is 16.1. The van der Waals surface area contributed by atoms with Crippen molar-refractivity contribution in [3.05, 3.63) is 207 Å². The van der Waals surface area contributed by atoms with Gasteiger partial charge >= 0.3 is 0 Å². The molecule has 0 aromatic heterocycles. The molecule has 0 bridgehead atoms. The van der Waals surface area contributed by atoms with Gasteiger partial charge < -0.3 is 4.90 Å². The number of rotatable bonds is 2. The van der Waals surface area contributed by atoms with Crippen LogP contribution >= 0.6 is 0 Å². The zero-order valence-electron chi connectivity index (χ0n) is 29.3. The molecule has 1 atom stereocenters. The number of carbonyl (C=O) groups is 1. The normalized spacial score (nSPS) is 17.3. The topological polar surface area (TPSA) is 20.3 Å². The number of nitrogens with zero attached hydrogens (tertiary/aromatic N) is 1. The summed E-state index contributed by atoms with van der Waals surface area (Å²) in [6.07, 6.45) is 0. The Kier molecular flexibility index (Phi) is 6.16. The lowest BCUT2D eigenvalue weighted by Crippen LogP contribution is -2.44. The van der Waals surface area contributed by atoms with Crippen molar-refractivity contribution in [2.45, 2.75) is 38.5 Å². The first kappa shape index (κ1) is 29.9. The second-order valence-electron chi connectivity index (χ2n) is 14.9. The fourth-order valence-electron chi connectivity index (χ4n) is 9.55. The van der Waals surface area contributed by atoms with E-state index < -0.39 is 5.41 Å². The largest absolute Gasteiger partial charge is 0.309 e. The molecule has 2 heterocycles. The zero-order valence-corrected chi connectivity index (χ0v) is 29.3. The molecule has 3 aliphatic rings. The summed E-state index contributed by atoms with van der Waals surface area (Å²) in [6, 6.07) is 54.8. The van der Waals surface area contributed by atoms with Crippen molar-refractivity contribution in [2.24, 2.45) is 0 Å². The molecule has 0 fully saturated rings. The number of carbonyl (C=O) groups excluding carboxylic acids is 1. The lowest BCUT2D eigenvalue weighted by Gasteiger charge is -2.53. The van der Waals surface area contributed by atoms with Crippen molar-refractivity contribution < 1.29 is 4.79 Å². The molecule has 7 aromatic rings. The molecule has 0 saturated carbocycles. The molecule has 0 amide bonds. The lowest BCUT2D eigenvalue weighted by molar-refractivity contribution is 0.103. The third-order valence-corrected chi connectivity index (χ3v) is 12.0. The molecule has 2 nitrogen and oxygen atoms in total. The first-order chi connectivity index (χ1) is 24.8. The molecule has 0 saturated heterocycles. The predicted octanol–water partition coefficient (Wildman–Crippen LogP) is 12.0. The third-order valence-electron chi connectivity index (χ3n) is 12.0. The summed E-state index contributed by atoms with van der Waals surface area (Å²) in [4.78, 5) is 17.5. The Bertz CT molecular complexity index is 2630. The molecule has 2 heteroatoms. The highest BCUT2D eigenvalue weighted by molar-refractivity contribution is 6.16. The predicted molar refractivity (Wildman–Crippen MR) is 209 cm³/mol. The number of para-hydroxylation sites is 3. The van der Waals surface area contributed by atoms with Crippen LogP contribution in [0.1, 0.15) is 74.3 Å². The Labute approximate surface area is 299 Å². The van der Waals surface area contributed by atoms with Crippen LogP contribution in [0, 0.1) is 13.8 Å². The smallest absolute Gasteiger partial charge is 0.193 e. The molecular weight excluding hydrogens is 619 g/mol. The van der Waals surface area contributed by atoms with Crippen molar-refractivity contribution >= 4 is 22.8 Å². The van der Waals surface area contributed by atoms with Gasteiger partial charge in [0, 0.05) is 16.5 Å². The van der Waals surface area contributed by atoms with E-state index in [0.717, 1.165) is 44.6 Å². The van der Waals surface area contributed by atoms with Gasteiger partial charge in [-0.25, -0.2) is 0 Å². The molecule has 2 aliphatic heterocycles. The maximum atomic E-state index is 15.0. The monoisotopic (exact) mass is 655 g/mol. The molecule has 1 spiro atoms. The molecule has 244 valence electrons. The van der Waals surface area contributed by atoms with E-state index in [2.05, 4.69) is 184 Å². The number of ketones is 1. The first-order valence-corrected chi connectivity index (χ1v) is 17.9. The molecule has 0 N–H and O–H groups in total. The van der Waals surface area contributed by atoms with E-state index in [9.17, 15) is 4.79 Å². The van der Waals surface area contributed by atoms with Gasteiger partial charge in [-0.3, -0.25) is 4.79 Å². The zero-order chi connectivity index (χ0) is 34.6. The second kappa shape index (κ2) is 10.5. The fraction of sp³-hybridized carbons (Fsp3) is 0.122. The van der Waals surface area contributed by atoms with E-state index in [1.165, 1.54) is 50.3 Å². The summed E-state index contributed by atoms with van der Waals surface area (Å²) in [7, 11) is 0. The molecule has 7 aromatic carbocycles. The van der Waals surface area contributed by atoms with E-state index in [4.69, 9.17) is 0 Å². The highest BCUT2D eigenvalue weighted by Gasteiger charge is 2.54. The van der Waals surface area contributed by atoms with Crippen LogP contribution in [-0.2, 0) is 10.8 Å². The van der Waals surface area contributed by atoms with Crippen molar-refractivity contribution in [1.29, 1.82) is 0 Å². The van der Waals surface area contributed by atoms with Crippen LogP contribution in [0.25, 0.3) is 22.3 Å². The fourth-order valence-corrected chi connectivity index (χ4v) is 9.55. The maximum Gasteiger partial charge on any atom is 0.193 e. The average Bonchev–Trinajstić information content (AvgIpc) is 3.16. The van der Waals surface area contributed by atoms with Crippen LogP contribution in [0.4, 0.5) is 17.1 Å².